The third-order valence-corrected chi connectivity index (χ3v) is 4.55. The third kappa shape index (κ3) is 3.44. The van der Waals surface area contributed by atoms with Crippen LogP contribution in [0.25, 0.3) is 0 Å². The van der Waals surface area contributed by atoms with Crippen LogP contribution >= 0.6 is 34.2 Å². The van der Waals surface area contributed by atoms with E-state index in [1.54, 1.807) is 0 Å². The highest BCUT2D eigenvalue weighted by Crippen LogP contribution is 2.34. The van der Waals surface area contributed by atoms with E-state index in [2.05, 4.69) is 44.8 Å². The number of aromatic nitrogens is 2. The maximum atomic E-state index is 6.15. The summed E-state index contributed by atoms with van der Waals surface area (Å²) in [5.41, 5.74) is -0.0130. The van der Waals surface area contributed by atoms with Gasteiger partial charge >= 0.3 is 0 Å². The first-order chi connectivity index (χ1) is 8.13. The summed E-state index contributed by atoms with van der Waals surface area (Å²) in [5.74, 6) is 2.13. The highest BCUT2D eigenvalue weighted by atomic mass is 127. The predicted octanol–water partition coefficient (Wildman–Crippen LogP) is 3.68. The van der Waals surface area contributed by atoms with Gasteiger partial charge in [-0.05, 0) is 54.2 Å². The maximum Gasteiger partial charge on any atom is 0.223 e. The number of hydrogen-bond acceptors (Lipinski definition) is 3. The van der Waals surface area contributed by atoms with E-state index in [0.717, 1.165) is 22.3 Å². The molecule has 1 heterocycles. The number of alkyl halides is 1. The molecule has 0 radical (unpaired) electrons. The Morgan fingerprint density at radius 3 is 2.53 bits per heavy atom. The molecular weight excluding hydrogens is 349 g/mol. The van der Waals surface area contributed by atoms with Gasteiger partial charge in [-0.1, -0.05) is 6.92 Å². The molecule has 0 bridgehead atoms. The summed E-state index contributed by atoms with van der Waals surface area (Å²) in [4.78, 5) is 8.59. The Bertz CT molecular complexity index is 361. The SMILES string of the molecule is CC1CCC(CCl)(Nc2ncc(I)cn2)CC1. The fourth-order valence-electron chi connectivity index (χ4n) is 2.22. The van der Waals surface area contributed by atoms with Crippen molar-refractivity contribution >= 4 is 40.1 Å². The van der Waals surface area contributed by atoms with Crippen molar-refractivity contribution in [2.45, 2.75) is 38.1 Å². The Kier molecular flexibility index (Phi) is 4.47. The van der Waals surface area contributed by atoms with Gasteiger partial charge in [0, 0.05) is 21.8 Å². The smallest absolute Gasteiger partial charge is 0.223 e. The highest BCUT2D eigenvalue weighted by Gasteiger charge is 2.33. The quantitative estimate of drug-likeness (QED) is 0.656. The van der Waals surface area contributed by atoms with Crippen molar-refractivity contribution in [3.63, 3.8) is 0 Å². The fraction of sp³-hybridized carbons (Fsp3) is 0.667. The highest BCUT2D eigenvalue weighted by molar-refractivity contribution is 14.1. The van der Waals surface area contributed by atoms with E-state index in [0.29, 0.717) is 11.8 Å². The average Bonchev–Trinajstić information content (AvgIpc) is 2.35. The fourth-order valence-corrected chi connectivity index (χ4v) is 2.83. The van der Waals surface area contributed by atoms with E-state index < -0.39 is 0 Å². The molecule has 0 aromatic carbocycles. The molecule has 1 N–H and O–H groups in total. The molecular formula is C12H17ClIN3. The van der Waals surface area contributed by atoms with Crippen molar-refractivity contribution in [1.29, 1.82) is 0 Å². The molecule has 1 aliphatic rings. The zero-order chi connectivity index (χ0) is 12.3. The van der Waals surface area contributed by atoms with Gasteiger partial charge in [-0.15, -0.1) is 11.6 Å². The molecule has 0 aliphatic heterocycles. The first-order valence-corrected chi connectivity index (χ1v) is 7.56. The van der Waals surface area contributed by atoms with E-state index in [1.807, 2.05) is 12.4 Å². The van der Waals surface area contributed by atoms with Gasteiger partial charge < -0.3 is 5.32 Å². The molecule has 2 rings (SSSR count). The van der Waals surface area contributed by atoms with Crippen LogP contribution in [-0.4, -0.2) is 21.4 Å². The topological polar surface area (TPSA) is 37.8 Å². The van der Waals surface area contributed by atoms with Crippen LogP contribution in [0.1, 0.15) is 32.6 Å². The first kappa shape index (κ1) is 13.3. The molecule has 1 aromatic rings. The van der Waals surface area contributed by atoms with Crippen LogP contribution in [0.4, 0.5) is 5.95 Å². The molecule has 5 heteroatoms. The Morgan fingerprint density at radius 2 is 2.00 bits per heavy atom. The molecule has 0 spiro atoms. The largest absolute Gasteiger partial charge is 0.348 e. The van der Waals surface area contributed by atoms with Gasteiger partial charge in [-0.2, -0.15) is 0 Å². The summed E-state index contributed by atoms with van der Waals surface area (Å²) in [6.07, 6.45) is 8.31. The molecule has 0 amide bonds. The van der Waals surface area contributed by atoms with Crippen molar-refractivity contribution in [3.8, 4) is 0 Å². The molecule has 94 valence electrons. The zero-order valence-electron chi connectivity index (χ0n) is 9.92. The minimum Gasteiger partial charge on any atom is -0.348 e. The molecule has 0 saturated heterocycles. The number of nitrogens with zero attached hydrogens (tertiary/aromatic N) is 2. The monoisotopic (exact) mass is 365 g/mol. The Labute approximate surface area is 121 Å². The second kappa shape index (κ2) is 5.69. The van der Waals surface area contributed by atoms with Crippen LogP contribution in [0.15, 0.2) is 12.4 Å². The van der Waals surface area contributed by atoms with Crippen molar-refractivity contribution in [1.82, 2.24) is 9.97 Å². The molecule has 1 aromatic heterocycles. The Morgan fingerprint density at radius 1 is 1.41 bits per heavy atom. The zero-order valence-corrected chi connectivity index (χ0v) is 12.8. The van der Waals surface area contributed by atoms with Gasteiger partial charge in [0.05, 0.1) is 5.54 Å². The van der Waals surface area contributed by atoms with E-state index in [-0.39, 0.29) is 5.54 Å². The standard InChI is InChI=1S/C12H17ClIN3/c1-9-2-4-12(8-13,5-3-9)17-11-15-6-10(14)7-16-11/h6-7,9H,2-5,8H2,1H3,(H,15,16,17). The molecule has 1 aliphatic carbocycles. The summed E-state index contributed by atoms with van der Waals surface area (Å²) in [7, 11) is 0. The molecule has 17 heavy (non-hydrogen) atoms. The van der Waals surface area contributed by atoms with Gasteiger partial charge in [-0.25, -0.2) is 9.97 Å². The lowest BCUT2D eigenvalue weighted by Crippen LogP contribution is -2.44. The molecule has 1 saturated carbocycles. The number of halogens is 2. The van der Waals surface area contributed by atoms with Crippen LogP contribution < -0.4 is 5.32 Å². The van der Waals surface area contributed by atoms with Crippen LogP contribution in [0.2, 0.25) is 0 Å². The minimum atomic E-state index is -0.0130. The molecule has 0 atom stereocenters. The number of rotatable bonds is 3. The van der Waals surface area contributed by atoms with Crippen LogP contribution in [0.5, 0.6) is 0 Å². The first-order valence-electron chi connectivity index (χ1n) is 5.95. The summed E-state index contributed by atoms with van der Waals surface area (Å²) in [6, 6.07) is 0. The van der Waals surface area contributed by atoms with Crippen LogP contribution in [-0.2, 0) is 0 Å². The maximum absolute atomic E-state index is 6.15. The normalized spacial score (nSPS) is 29.0. The predicted molar refractivity (Wildman–Crippen MR) is 79.5 cm³/mol. The van der Waals surface area contributed by atoms with E-state index in [9.17, 15) is 0 Å². The summed E-state index contributed by atoms with van der Waals surface area (Å²) in [6.45, 7) is 2.31. The van der Waals surface area contributed by atoms with Crippen molar-refractivity contribution in [3.05, 3.63) is 16.0 Å². The van der Waals surface area contributed by atoms with Gasteiger partial charge in [0.25, 0.3) is 0 Å². The summed E-state index contributed by atoms with van der Waals surface area (Å²) in [5, 5.41) is 3.43. The van der Waals surface area contributed by atoms with Gasteiger partial charge in [0.15, 0.2) is 0 Å². The lowest BCUT2D eigenvalue weighted by atomic mass is 9.78. The Balaban J connectivity index is 2.06. The lowest BCUT2D eigenvalue weighted by molar-refractivity contribution is 0.286. The van der Waals surface area contributed by atoms with Gasteiger partial charge in [-0.3, -0.25) is 0 Å². The minimum absolute atomic E-state index is 0.0130. The van der Waals surface area contributed by atoms with E-state index in [1.165, 1.54) is 12.8 Å². The van der Waals surface area contributed by atoms with Crippen LogP contribution in [0.3, 0.4) is 0 Å². The summed E-state index contributed by atoms with van der Waals surface area (Å²) < 4.78 is 1.05. The molecule has 0 unspecified atom stereocenters. The third-order valence-electron chi connectivity index (χ3n) is 3.48. The lowest BCUT2D eigenvalue weighted by Gasteiger charge is -2.38. The Hall–Kier alpha value is -0.100. The second-order valence-corrected chi connectivity index (χ2v) is 6.46. The summed E-state index contributed by atoms with van der Waals surface area (Å²) >= 11 is 8.35. The number of anilines is 1. The number of hydrogen-bond donors (Lipinski definition) is 1. The van der Waals surface area contributed by atoms with Crippen LogP contribution in [0, 0.1) is 9.49 Å². The van der Waals surface area contributed by atoms with Gasteiger partial charge in [0.2, 0.25) is 5.95 Å². The molecule has 1 fully saturated rings. The van der Waals surface area contributed by atoms with Crippen molar-refractivity contribution in [2.24, 2.45) is 5.92 Å². The second-order valence-electron chi connectivity index (χ2n) is 4.95. The van der Waals surface area contributed by atoms with E-state index >= 15 is 0 Å². The molecule has 3 nitrogen and oxygen atoms in total. The van der Waals surface area contributed by atoms with Crippen molar-refractivity contribution in [2.75, 3.05) is 11.2 Å². The number of nitrogens with one attached hydrogen (secondary N) is 1. The average molecular weight is 366 g/mol. The van der Waals surface area contributed by atoms with Gasteiger partial charge in [0.1, 0.15) is 0 Å². The van der Waals surface area contributed by atoms with Crippen molar-refractivity contribution < 1.29 is 0 Å². The van der Waals surface area contributed by atoms with E-state index in [4.69, 9.17) is 11.6 Å².